The zero-order valence-corrected chi connectivity index (χ0v) is 12.3. The van der Waals surface area contributed by atoms with Crippen LogP contribution in [0.1, 0.15) is 27.7 Å². The van der Waals surface area contributed by atoms with Gasteiger partial charge >= 0.3 is 0 Å². The standard InChI is InChI=1S/C6H16OSi.C2H6O.2H2O.Ti/c1-4-8(7,5-2)6-3;1-2-3;;;/h7H,4-6H2,1-3H3;3H,2H2,1H3;2*1H2;. The fourth-order valence-corrected chi connectivity index (χ4v) is 2.25. The second-order valence-electron chi connectivity index (χ2n) is 2.60. The maximum atomic E-state index is 9.58. The maximum absolute atomic E-state index is 9.58. The van der Waals surface area contributed by atoms with E-state index >= 15 is 0 Å². The van der Waals surface area contributed by atoms with Gasteiger partial charge in [0.05, 0.1) is 0 Å². The largest absolute Gasteiger partial charge is 0.432 e. The van der Waals surface area contributed by atoms with Gasteiger partial charge in [0, 0.05) is 28.3 Å². The van der Waals surface area contributed by atoms with Crippen LogP contribution in [0, 0.1) is 0 Å². The van der Waals surface area contributed by atoms with Crippen molar-refractivity contribution in [3.63, 3.8) is 0 Å². The molecule has 0 spiro atoms. The quantitative estimate of drug-likeness (QED) is 0.715. The van der Waals surface area contributed by atoms with Crippen molar-refractivity contribution in [2.45, 2.75) is 45.8 Å². The van der Waals surface area contributed by atoms with E-state index in [1.165, 1.54) is 0 Å². The van der Waals surface area contributed by atoms with Gasteiger partial charge in [0.25, 0.3) is 0 Å². The Bertz CT molecular complexity index is 73.5. The van der Waals surface area contributed by atoms with Crippen LogP contribution in [0.5, 0.6) is 0 Å². The SMILES string of the molecule is CCO.CC[Si](O)(CC)CC.O.O.[Ti]. The minimum Gasteiger partial charge on any atom is -0.432 e. The van der Waals surface area contributed by atoms with E-state index < -0.39 is 8.32 Å². The predicted octanol–water partition coefficient (Wildman–Crippen LogP) is 0.331. The summed E-state index contributed by atoms with van der Waals surface area (Å²) in [7, 11) is -1.67. The molecule has 0 bridgehead atoms. The van der Waals surface area contributed by atoms with Gasteiger partial charge in [0.1, 0.15) is 0 Å². The smallest absolute Gasteiger partial charge is 0.187 e. The van der Waals surface area contributed by atoms with Crippen LogP contribution in [0.15, 0.2) is 0 Å². The second-order valence-corrected chi connectivity index (χ2v) is 7.17. The van der Waals surface area contributed by atoms with Gasteiger partial charge in [0.15, 0.2) is 8.32 Å². The van der Waals surface area contributed by atoms with Crippen LogP contribution in [-0.2, 0) is 21.7 Å². The van der Waals surface area contributed by atoms with E-state index in [4.69, 9.17) is 5.11 Å². The average molecular weight is 262 g/mol. The van der Waals surface area contributed by atoms with Gasteiger partial charge < -0.3 is 20.9 Å². The molecule has 90 valence electrons. The van der Waals surface area contributed by atoms with Crippen LogP contribution in [0.25, 0.3) is 0 Å². The normalized spacial score (nSPS) is 8.14. The third-order valence-corrected chi connectivity index (χ3v) is 5.92. The second kappa shape index (κ2) is 19.4. The fourth-order valence-electron chi connectivity index (χ4n) is 0.750. The van der Waals surface area contributed by atoms with Crippen LogP contribution in [0.3, 0.4) is 0 Å². The monoisotopic (exact) mass is 262 g/mol. The molecule has 0 aromatic rings. The molecule has 0 amide bonds. The van der Waals surface area contributed by atoms with Gasteiger partial charge in [-0.05, 0) is 25.1 Å². The molecule has 0 saturated heterocycles. The van der Waals surface area contributed by atoms with E-state index in [1.807, 2.05) is 0 Å². The van der Waals surface area contributed by atoms with Crippen molar-refractivity contribution in [2.24, 2.45) is 0 Å². The van der Waals surface area contributed by atoms with E-state index in [0.717, 1.165) is 18.1 Å². The van der Waals surface area contributed by atoms with Crippen molar-refractivity contribution < 1.29 is 42.6 Å². The van der Waals surface area contributed by atoms with Gasteiger partial charge in [-0.3, -0.25) is 0 Å². The Morgan fingerprint density at radius 3 is 1.00 bits per heavy atom. The number of hydrogen-bond acceptors (Lipinski definition) is 2. The van der Waals surface area contributed by atoms with Gasteiger partial charge in [-0.15, -0.1) is 0 Å². The summed E-state index contributed by atoms with van der Waals surface area (Å²) in [4.78, 5) is 9.58. The summed E-state index contributed by atoms with van der Waals surface area (Å²) < 4.78 is 0. The Hall–Kier alpha value is 0.771. The molecule has 0 radical (unpaired) electrons. The summed E-state index contributed by atoms with van der Waals surface area (Å²) in [6.45, 7) is 8.18. The van der Waals surface area contributed by atoms with E-state index in [0.29, 0.717) is 0 Å². The van der Waals surface area contributed by atoms with Gasteiger partial charge in [0.2, 0.25) is 0 Å². The van der Waals surface area contributed by atoms with Crippen molar-refractivity contribution in [2.75, 3.05) is 6.61 Å². The predicted molar refractivity (Wildman–Crippen MR) is 59.4 cm³/mol. The number of aliphatic hydroxyl groups is 1. The Morgan fingerprint density at radius 1 is 0.857 bits per heavy atom. The maximum Gasteiger partial charge on any atom is 0.187 e. The molecule has 14 heavy (non-hydrogen) atoms. The van der Waals surface area contributed by atoms with Crippen molar-refractivity contribution in [1.82, 2.24) is 0 Å². The number of hydrogen-bond donors (Lipinski definition) is 2. The fraction of sp³-hybridized carbons (Fsp3) is 1.00. The first-order valence-electron chi connectivity index (χ1n) is 4.43. The summed E-state index contributed by atoms with van der Waals surface area (Å²) in [6, 6.07) is 3.04. The molecule has 6 N–H and O–H groups in total. The first-order valence-corrected chi connectivity index (χ1v) is 7.00. The van der Waals surface area contributed by atoms with Crippen molar-refractivity contribution >= 4 is 8.32 Å². The van der Waals surface area contributed by atoms with Gasteiger partial charge in [-0.2, -0.15) is 0 Å². The molecule has 0 aliphatic rings. The molecule has 0 aliphatic heterocycles. The topological polar surface area (TPSA) is 103 Å². The zero-order chi connectivity index (χ0) is 9.33. The number of aliphatic hydroxyl groups excluding tert-OH is 1. The first-order chi connectivity index (χ1) is 5.10. The Morgan fingerprint density at radius 2 is 1.00 bits per heavy atom. The molecule has 0 atom stereocenters. The number of rotatable bonds is 3. The van der Waals surface area contributed by atoms with Crippen LogP contribution in [-0.4, -0.2) is 35.8 Å². The third kappa shape index (κ3) is 18.5. The Labute approximate surface area is 103 Å². The summed E-state index contributed by atoms with van der Waals surface area (Å²) >= 11 is 0. The molecule has 0 rings (SSSR count). The van der Waals surface area contributed by atoms with E-state index in [9.17, 15) is 4.80 Å². The minimum absolute atomic E-state index is 0. The zero-order valence-electron chi connectivity index (χ0n) is 9.72. The van der Waals surface area contributed by atoms with Crippen molar-refractivity contribution in [3.8, 4) is 0 Å². The van der Waals surface area contributed by atoms with Crippen molar-refractivity contribution in [3.05, 3.63) is 0 Å². The molecule has 0 aromatic carbocycles. The molecule has 0 saturated carbocycles. The Kier molecular flexibility index (Phi) is 40.6. The van der Waals surface area contributed by atoms with E-state index in [1.54, 1.807) is 6.92 Å². The summed E-state index contributed by atoms with van der Waals surface area (Å²) in [6.07, 6.45) is 0. The van der Waals surface area contributed by atoms with Crippen LogP contribution >= 0.6 is 0 Å². The van der Waals surface area contributed by atoms with Gasteiger partial charge in [-0.25, -0.2) is 0 Å². The molecule has 0 fully saturated rings. The Balaban J connectivity index is -0.0000000405. The molecule has 0 aromatic heterocycles. The van der Waals surface area contributed by atoms with Crippen molar-refractivity contribution in [1.29, 1.82) is 0 Å². The molecule has 0 heterocycles. The van der Waals surface area contributed by atoms with E-state index in [-0.39, 0.29) is 39.3 Å². The molecule has 4 nitrogen and oxygen atoms in total. The first kappa shape index (κ1) is 29.3. The van der Waals surface area contributed by atoms with Crippen LogP contribution in [0.4, 0.5) is 0 Å². The van der Waals surface area contributed by atoms with Crippen LogP contribution in [0.2, 0.25) is 18.1 Å². The summed E-state index contributed by atoms with van der Waals surface area (Å²) in [5.41, 5.74) is 0. The minimum atomic E-state index is -1.67. The molecule has 0 unspecified atom stereocenters. The van der Waals surface area contributed by atoms with Gasteiger partial charge in [-0.1, -0.05) is 20.8 Å². The third-order valence-electron chi connectivity index (χ3n) is 1.97. The average Bonchev–Trinajstić information content (AvgIpc) is 2.05. The van der Waals surface area contributed by atoms with E-state index in [2.05, 4.69) is 20.8 Å². The molecule has 0 aliphatic carbocycles. The molecular formula is C8H26O4SiTi. The summed E-state index contributed by atoms with van der Waals surface area (Å²) in [5.74, 6) is 0. The van der Waals surface area contributed by atoms with Crippen LogP contribution < -0.4 is 0 Å². The molecular weight excluding hydrogens is 236 g/mol. The molecule has 6 heteroatoms. The summed E-state index contributed by atoms with van der Waals surface area (Å²) in [5, 5.41) is 7.57.